The summed E-state index contributed by atoms with van der Waals surface area (Å²) in [6.07, 6.45) is 11.9. The van der Waals surface area contributed by atoms with Crippen molar-refractivity contribution in [1.29, 1.82) is 0 Å². The molecule has 1 fully saturated rings. The maximum absolute atomic E-state index is 13.5. The van der Waals surface area contributed by atoms with Crippen molar-refractivity contribution >= 4 is 0 Å². The zero-order chi connectivity index (χ0) is 18.5. The fraction of sp³-hybridized carbons (Fsp3) is 0.304. The molecule has 3 aromatic rings. The molecule has 1 saturated carbocycles. The Balaban J connectivity index is 1.78. The Morgan fingerprint density at radius 3 is 1.93 bits per heavy atom. The van der Waals surface area contributed by atoms with Crippen LogP contribution < -0.4 is 0 Å². The Labute approximate surface area is 159 Å². The Morgan fingerprint density at radius 2 is 1.41 bits per heavy atom. The summed E-state index contributed by atoms with van der Waals surface area (Å²) in [5.41, 5.74) is 3.11. The molecule has 1 unspecified atom stereocenters. The maximum atomic E-state index is 13.5. The van der Waals surface area contributed by atoms with Gasteiger partial charge in [-0.15, -0.1) is 0 Å². The zero-order valence-corrected chi connectivity index (χ0v) is 15.2. The second-order valence-corrected chi connectivity index (χ2v) is 7.07. The number of nitrogens with zero attached hydrogens (tertiary/aromatic N) is 2. The largest absolute Gasteiger partial charge is 0.369 e. The van der Waals surface area contributed by atoms with Crippen LogP contribution >= 0.6 is 0 Å². The monoisotopic (exact) mass is 362 g/mol. The first-order chi connectivity index (χ1) is 13.3. The van der Waals surface area contributed by atoms with Gasteiger partial charge < -0.3 is 4.74 Å². The summed E-state index contributed by atoms with van der Waals surface area (Å²) in [4.78, 5) is 8.63. The number of hydrogen-bond donors (Lipinski definition) is 0. The van der Waals surface area contributed by atoms with Gasteiger partial charge in [0.15, 0.2) is 0 Å². The highest BCUT2D eigenvalue weighted by Gasteiger charge is 2.31. The molecule has 138 valence electrons. The molecule has 1 atom stereocenters. The summed E-state index contributed by atoms with van der Waals surface area (Å²) in [5, 5.41) is 0. The third-order valence-corrected chi connectivity index (χ3v) is 5.23. The maximum Gasteiger partial charge on any atom is 0.123 e. The van der Waals surface area contributed by atoms with Crippen LogP contribution in [-0.2, 0) is 4.74 Å². The highest BCUT2D eigenvalue weighted by molar-refractivity contribution is 5.35. The van der Waals surface area contributed by atoms with Gasteiger partial charge in [-0.05, 0) is 53.8 Å². The summed E-state index contributed by atoms with van der Waals surface area (Å²) in [6.45, 7) is 0. The highest BCUT2D eigenvalue weighted by Crippen LogP contribution is 2.41. The first kappa shape index (κ1) is 17.8. The second-order valence-electron chi connectivity index (χ2n) is 7.07. The van der Waals surface area contributed by atoms with E-state index in [1.165, 1.54) is 25.0 Å². The number of halogens is 1. The van der Waals surface area contributed by atoms with E-state index in [9.17, 15) is 4.39 Å². The quantitative estimate of drug-likeness (QED) is 0.585. The summed E-state index contributed by atoms with van der Waals surface area (Å²) in [6, 6.07) is 14.7. The van der Waals surface area contributed by atoms with Gasteiger partial charge in [0.1, 0.15) is 5.82 Å². The zero-order valence-electron chi connectivity index (χ0n) is 15.2. The van der Waals surface area contributed by atoms with Gasteiger partial charge in [0.05, 0.1) is 12.2 Å². The van der Waals surface area contributed by atoms with Crippen LogP contribution in [0.5, 0.6) is 0 Å². The molecule has 1 aliphatic carbocycles. The lowest BCUT2D eigenvalue weighted by atomic mass is 9.84. The van der Waals surface area contributed by atoms with Gasteiger partial charge in [-0.1, -0.05) is 37.1 Å². The number of ether oxygens (including phenoxy) is 1. The predicted octanol–water partition coefficient (Wildman–Crippen LogP) is 5.45. The standard InChI is InChI=1S/C23H23FN2O/c24-20-11-9-17(10-12-20)23(27-21-7-1-2-8-21)22(18-5-3-13-25-15-18)19-6-4-14-26-16-19/h3-6,9-16,21-23H,1-2,7-8H2. The Hall–Kier alpha value is -2.59. The molecular formula is C23H23FN2O. The summed E-state index contributed by atoms with van der Waals surface area (Å²) in [5.74, 6) is -0.295. The first-order valence-corrected chi connectivity index (χ1v) is 9.52. The van der Waals surface area contributed by atoms with E-state index in [0.717, 1.165) is 29.5 Å². The van der Waals surface area contributed by atoms with E-state index in [0.29, 0.717) is 0 Å². The van der Waals surface area contributed by atoms with Crippen LogP contribution in [0, 0.1) is 5.82 Å². The van der Waals surface area contributed by atoms with E-state index in [2.05, 4.69) is 22.1 Å². The molecule has 2 aromatic heterocycles. The molecule has 0 bridgehead atoms. The minimum Gasteiger partial charge on any atom is -0.369 e. The number of benzene rings is 1. The van der Waals surface area contributed by atoms with Crippen LogP contribution in [0.3, 0.4) is 0 Å². The third kappa shape index (κ3) is 4.22. The molecule has 0 saturated heterocycles. The molecule has 0 spiro atoms. The summed E-state index contributed by atoms with van der Waals surface area (Å²) < 4.78 is 20.2. The van der Waals surface area contributed by atoms with Crippen LogP contribution in [0.1, 0.15) is 54.4 Å². The van der Waals surface area contributed by atoms with E-state index in [4.69, 9.17) is 4.74 Å². The van der Waals surface area contributed by atoms with Crippen molar-refractivity contribution < 1.29 is 9.13 Å². The molecule has 1 aromatic carbocycles. The van der Waals surface area contributed by atoms with Gasteiger partial charge in [-0.3, -0.25) is 9.97 Å². The smallest absolute Gasteiger partial charge is 0.123 e. The molecule has 0 amide bonds. The van der Waals surface area contributed by atoms with Crippen LogP contribution in [-0.4, -0.2) is 16.1 Å². The van der Waals surface area contributed by atoms with E-state index in [1.807, 2.05) is 36.7 Å². The Morgan fingerprint density at radius 1 is 0.815 bits per heavy atom. The van der Waals surface area contributed by atoms with Gasteiger partial charge in [0.2, 0.25) is 0 Å². The Kier molecular flexibility index (Phi) is 5.54. The molecule has 0 radical (unpaired) electrons. The molecule has 4 rings (SSSR count). The lowest BCUT2D eigenvalue weighted by Crippen LogP contribution is -2.21. The normalized spacial score (nSPS) is 15.9. The molecule has 1 aliphatic rings. The molecule has 3 nitrogen and oxygen atoms in total. The molecular weight excluding hydrogens is 339 g/mol. The Bertz CT molecular complexity index is 794. The van der Waals surface area contributed by atoms with Crippen molar-refractivity contribution in [3.05, 3.63) is 95.8 Å². The third-order valence-electron chi connectivity index (χ3n) is 5.23. The van der Waals surface area contributed by atoms with E-state index < -0.39 is 0 Å². The number of aromatic nitrogens is 2. The van der Waals surface area contributed by atoms with Crippen molar-refractivity contribution in [2.75, 3.05) is 0 Å². The van der Waals surface area contributed by atoms with Crippen LogP contribution in [0.2, 0.25) is 0 Å². The highest BCUT2D eigenvalue weighted by atomic mass is 19.1. The lowest BCUT2D eigenvalue weighted by Gasteiger charge is -2.31. The van der Waals surface area contributed by atoms with Crippen LogP contribution in [0.25, 0.3) is 0 Å². The summed E-state index contributed by atoms with van der Waals surface area (Å²) >= 11 is 0. The van der Waals surface area contributed by atoms with E-state index in [-0.39, 0.29) is 23.9 Å². The van der Waals surface area contributed by atoms with Crippen molar-refractivity contribution in [3.63, 3.8) is 0 Å². The van der Waals surface area contributed by atoms with Crippen molar-refractivity contribution in [3.8, 4) is 0 Å². The molecule has 0 aliphatic heterocycles. The average Bonchev–Trinajstić information content (AvgIpc) is 3.23. The molecule has 27 heavy (non-hydrogen) atoms. The van der Waals surface area contributed by atoms with Crippen LogP contribution in [0.4, 0.5) is 4.39 Å². The summed E-state index contributed by atoms with van der Waals surface area (Å²) in [7, 11) is 0. The van der Waals surface area contributed by atoms with Gasteiger partial charge in [-0.25, -0.2) is 4.39 Å². The minimum atomic E-state index is -0.238. The van der Waals surface area contributed by atoms with Crippen molar-refractivity contribution in [2.24, 2.45) is 0 Å². The minimum absolute atomic E-state index is 0.0570. The number of hydrogen-bond acceptors (Lipinski definition) is 3. The van der Waals surface area contributed by atoms with Crippen molar-refractivity contribution in [2.45, 2.75) is 43.8 Å². The fourth-order valence-electron chi connectivity index (χ4n) is 3.90. The second kappa shape index (κ2) is 8.40. The fourth-order valence-corrected chi connectivity index (χ4v) is 3.90. The average molecular weight is 362 g/mol. The van der Waals surface area contributed by atoms with E-state index in [1.54, 1.807) is 12.4 Å². The predicted molar refractivity (Wildman–Crippen MR) is 103 cm³/mol. The van der Waals surface area contributed by atoms with Crippen LogP contribution in [0.15, 0.2) is 73.3 Å². The van der Waals surface area contributed by atoms with Gasteiger partial charge in [-0.2, -0.15) is 0 Å². The topological polar surface area (TPSA) is 35.0 Å². The van der Waals surface area contributed by atoms with Gasteiger partial charge in [0, 0.05) is 30.7 Å². The SMILES string of the molecule is Fc1ccc(C(OC2CCCC2)C(c2cccnc2)c2cccnc2)cc1. The number of pyridine rings is 2. The lowest BCUT2D eigenvalue weighted by molar-refractivity contribution is -0.0183. The molecule has 4 heteroatoms. The number of rotatable bonds is 6. The van der Waals surface area contributed by atoms with Gasteiger partial charge >= 0.3 is 0 Å². The molecule has 0 N–H and O–H groups in total. The van der Waals surface area contributed by atoms with E-state index >= 15 is 0 Å². The van der Waals surface area contributed by atoms with Crippen molar-refractivity contribution in [1.82, 2.24) is 9.97 Å². The van der Waals surface area contributed by atoms with Gasteiger partial charge in [0.25, 0.3) is 0 Å². The molecule has 2 heterocycles. The first-order valence-electron chi connectivity index (χ1n) is 9.52.